The zero-order valence-electron chi connectivity index (χ0n) is 11.9. The summed E-state index contributed by atoms with van der Waals surface area (Å²) < 4.78 is 19.3. The number of carboxylic acid groups (broad SMARTS) is 1. The van der Waals surface area contributed by atoms with Gasteiger partial charge in [-0.15, -0.1) is 0 Å². The molecule has 2 aliphatic rings. The van der Waals surface area contributed by atoms with E-state index in [1.165, 1.54) is 17.0 Å². The number of nitrogens with zero attached hydrogens (tertiary/aromatic N) is 1. The number of halogens is 2. The average Bonchev–Trinajstić information content (AvgIpc) is 2.77. The SMILES string of the molecule is O=C(O)N1CCC2(CC1)CC(O)(c1cc(F)cc(Cl)c1)CO2. The minimum atomic E-state index is -1.29. The number of rotatable bonds is 1. The monoisotopic (exact) mass is 329 g/mol. The number of hydrogen-bond acceptors (Lipinski definition) is 3. The zero-order valence-corrected chi connectivity index (χ0v) is 12.6. The van der Waals surface area contributed by atoms with Crippen LogP contribution in [0.25, 0.3) is 0 Å². The first-order valence-electron chi connectivity index (χ1n) is 7.13. The molecule has 22 heavy (non-hydrogen) atoms. The first-order valence-corrected chi connectivity index (χ1v) is 7.51. The molecular weight excluding hydrogens is 313 g/mol. The summed E-state index contributed by atoms with van der Waals surface area (Å²) in [6.07, 6.45) is 0.405. The van der Waals surface area contributed by atoms with Crippen molar-refractivity contribution in [2.45, 2.75) is 30.5 Å². The molecule has 2 N–H and O–H groups in total. The van der Waals surface area contributed by atoms with Gasteiger partial charge in [-0.1, -0.05) is 11.6 Å². The van der Waals surface area contributed by atoms with Crippen molar-refractivity contribution < 1.29 is 24.1 Å². The lowest BCUT2D eigenvalue weighted by Crippen LogP contribution is -2.46. The van der Waals surface area contributed by atoms with E-state index in [0.29, 0.717) is 37.9 Å². The van der Waals surface area contributed by atoms with Crippen LogP contribution in [0.4, 0.5) is 9.18 Å². The fourth-order valence-corrected chi connectivity index (χ4v) is 3.56. The Morgan fingerprint density at radius 3 is 2.59 bits per heavy atom. The van der Waals surface area contributed by atoms with Gasteiger partial charge in [-0.05, 0) is 36.6 Å². The Balaban J connectivity index is 1.78. The fourth-order valence-electron chi connectivity index (χ4n) is 3.34. The van der Waals surface area contributed by atoms with Crippen LogP contribution in [0.15, 0.2) is 18.2 Å². The summed E-state index contributed by atoms with van der Waals surface area (Å²) in [7, 11) is 0. The van der Waals surface area contributed by atoms with E-state index >= 15 is 0 Å². The third-order valence-corrected chi connectivity index (χ3v) is 4.80. The van der Waals surface area contributed by atoms with E-state index < -0.39 is 23.1 Å². The Morgan fingerprint density at radius 1 is 1.32 bits per heavy atom. The summed E-state index contributed by atoms with van der Waals surface area (Å²) in [5.74, 6) is -0.502. The van der Waals surface area contributed by atoms with Crippen molar-refractivity contribution in [3.05, 3.63) is 34.6 Å². The maximum atomic E-state index is 13.5. The second kappa shape index (κ2) is 5.37. The topological polar surface area (TPSA) is 70.0 Å². The highest BCUT2D eigenvalue weighted by Crippen LogP contribution is 2.45. The van der Waals surface area contributed by atoms with Crippen LogP contribution in [0.2, 0.25) is 5.02 Å². The summed E-state index contributed by atoms with van der Waals surface area (Å²) >= 11 is 5.86. The van der Waals surface area contributed by atoms with Gasteiger partial charge in [0, 0.05) is 24.5 Å². The number of hydrogen-bond donors (Lipinski definition) is 2. The molecule has 1 aromatic rings. The molecule has 1 spiro atoms. The summed E-state index contributed by atoms with van der Waals surface area (Å²) in [4.78, 5) is 12.3. The first kappa shape index (κ1) is 15.5. The molecule has 2 saturated heterocycles. The highest BCUT2D eigenvalue weighted by Gasteiger charge is 2.51. The van der Waals surface area contributed by atoms with Crippen LogP contribution in [-0.2, 0) is 10.3 Å². The number of piperidine rings is 1. The molecule has 0 aliphatic carbocycles. The van der Waals surface area contributed by atoms with E-state index in [-0.39, 0.29) is 11.6 Å². The number of likely N-dealkylation sites (tertiary alicyclic amines) is 1. The Morgan fingerprint density at radius 2 is 2.00 bits per heavy atom. The van der Waals surface area contributed by atoms with Crippen LogP contribution in [0.1, 0.15) is 24.8 Å². The molecule has 5 nitrogen and oxygen atoms in total. The van der Waals surface area contributed by atoms with Crippen LogP contribution < -0.4 is 0 Å². The molecule has 1 aromatic carbocycles. The highest BCUT2D eigenvalue weighted by atomic mass is 35.5. The van der Waals surface area contributed by atoms with Crippen LogP contribution in [0, 0.1) is 5.82 Å². The molecule has 7 heteroatoms. The normalized spacial score (nSPS) is 27.3. The van der Waals surface area contributed by atoms with E-state index in [0.717, 1.165) is 0 Å². The van der Waals surface area contributed by atoms with Crippen molar-refractivity contribution in [1.82, 2.24) is 4.90 Å². The van der Waals surface area contributed by atoms with Gasteiger partial charge >= 0.3 is 6.09 Å². The van der Waals surface area contributed by atoms with E-state index in [1.54, 1.807) is 6.07 Å². The average molecular weight is 330 g/mol. The lowest BCUT2D eigenvalue weighted by atomic mass is 9.80. The molecule has 0 bridgehead atoms. The van der Waals surface area contributed by atoms with Crippen LogP contribution >= 0.6 is 11.6 Å². The Kier molecular flexibility index (Phi) is 3.79. The number of amides is 1. The van der Waals surface area contributed by atoms with Crippen LogP contribution in [0.5, 0.6) is 0 Å². The molecule has 1 unspecified atom stereocenters. The second-order valence-electron chi connectivity index (χ2n) is 6.11. The van der Waals surface area contributed by atoms with Gasteiger partial charge in [-0.2, -0.15) is 0 Å². The Bertz CT molecular complexity index is 583. The first-order chi connectivity index (χ1) is 10.3. The number of carbonyl (C=O) groups is 1. The van der Waals surface area contributed by atoms with Gasteiger partial charge in [0.15, 0.2) is 0 Å². The lowest BCUT2D eigenvalue weighted by Gasteiger charge is -2.37. The Labute approximate surface area is 132 Å². The fraction of sp³-hybridized carbons (Fsp3) is 0.533. The minimum absolute atomic E-state index is 0.0554. The number of ether oxygens (including phenoxy) is 1. The molecule has 0 radical (unpaired) electrons. The Hall–Kier alpha value is -1.37. The molecule has 0 saturated carbocycles. The summed E-state index contributed by atoms with van der Waals surface area (Å²) in [5.41, 5.74) is -1.45. The second-order valence-corrected chi connectivity index (χ2v) is 6.54. The van der Waals surface area contributed by atoms with Gasteiger partial charge in [-0.3, -0.25) is 0 Å². The van der Waals surface area contributed by atoms with Gasteiger partial charge < -0.3 is 19.8 Å². The van der Waals surface area contributed by atoms with Gasteiger partial charge in [0.2, 0.25) is 0 Å². The molecule has 1 amide bonds. The zero-order chi connectivity index (χ0) is 16.0. The maximum absolute atomic E-state index is 13.5. The van der Waals surface area contributed by atoms with E-state index in [4.69, 9.17) is 21.4 Å². The van der Waals surface area contributed by atoms with Gasteiger partial charge in [0.05, 0.1) is 12.2 Å². The van der Waals surface area contributed by atoms with Crippen molar-refractivity contribution in [3.8, 4) is 0 Å². The quantitative estimate of drug-likeness (QED) is 0.831. The van der Waals surface area contributed by atoms with Crippen molar-refractivity contribution in [3.63, 3.8) is 0 Å². The third-order valence-electron chi connectivity index (χ3n) is 4.58. The summed E-state index contributed by atoms with van der Waals surface area (Å²) in [5, 5.41) is 20.0. The molecule has 120 valence electrons. The van der Waals surface area contributed by atoms with Crippen LogP contribution in [0.3, 0.4) is 0 Å². The predicted octanol–water partition coefficient (Wildman–Crippen LogP) is 2.60. The number of aliphatic hydroxyl groups is 1. The predicted molar refractivity (Wildman–Crippen MR) is 77.4 cm³/mol. The lowest BCUT2D eigenvalue weighted by molar-refractivity contribution is -0.0437. The summed E-state index contributed by atoms with van der Waals surface area (Å²) in [6.45, 7) is 0.796. The minimum Gasteiger partial charge on any atom is -0.465 e. The smallest absolute Gasteiger partial charge is 0.407 e. The summed E-state index contributed by atoms with van der Waals surface area (Å²) in [6, 6.07) is 3.99. The molecule has 0 aromatic heterocycles. The van der Waals surface area contributed by atoms with Crippen LogP contribution in [-0.4, -0.2) is 46.5 Å². The molecular formula is C15H17ClFNO4. The van der Waals surface area contributed by atoms with Gasteiger partial charge in [-0.25, -0.2) is 9.18 Å². The standard InChI is InChI=1S/C15H17ClFNO4/c16-11-5-10(6-12(17)7-11)15(21)8-14(22-9-15)1-3-18(4-2-14)13(19)20/h5-7,21H,1-4,8-9H2,(H,19,20). The highest BCUT2D eigenvalue weighted by molar-refractivity contribution is 6.30. The van der Waals surface area contributed by atoms with Gasteiger partial charge in [0.1, 0.15) is 11.4 Å². The molecule has 2 aliphatic heterocycles. The molecule has 2 heterocycles. The molecule has 2 fully saturated rings. The van der Waals surface area contributed by atoms with Crippen molar-refractivity contribution in [2.75, 3.05) is 19.7 Å². The van der Waals surface area contributed by atoms with E-state index in [1.807, 2.05) is 0 Å². The van der Waals surface area contributed by atoms with Gasteiger partial charge in [0.25, 0.3) is 0 Å². The molecule has 3 rings (SSSR count). The van der Waals surface area contributed by atoms with Crippen molar-refractivity contribution >= 4 is 17.7 Å². The largest absolute Gasteiger partial charge is 0.465 e. The molecule has 1 atom stereocenters. The van der Waals surface area contributed by atoms with E-state index in [2.05, 4.69) is 0 Å². The third kappa shape index (κ3) is 2.78. The van der Waals surface area contributed by atoms with E-state index in [9.17, 15) is 14.3 Å². The number of benzene rings is 1. The maximum Gasteiger partial charge on any atom is 0.407 e. The van der Waals surface area contributed by atoms with Crippen molar-refractivity contribution in [2.24, 2.45) is 0 Å². The van der Waals surface area contributed by atoms with Crippen molar-refractivity contribution in [1.29, 1.82) is 0 Å².